The monoisotopic (exact) mass is 759 g/mol. The minimum Gasteiger partial charge on any atom is -0.505 e. The Kier molecular flexibility index (Phi) is 10.0. The zero-order valence-corrected chi connectivity index (χ0v) is 32.3. The number of aromatic hydroxyl groups is 1. The molecule has 2 bridgehead atoms. The second-order valence-corrected chi connectivity index (χ2v) is 16.2. The van der Waals surface area contributed by atoms with E-state index in [0.717, 1.165) is 78.8 Å². The van der Waals surface area contributed by atoms with Crippen LogP contribution in [-0.4, -0.2) is 84.8 Å². The van der Waals surface area contributed by atoms with Crippen LogP contribution in [0, 0.1) is 5.92 Å². The minimum atomic E-state index is -0.358. The Morgan fingerprint density at radius 3 is 2.66 bits per heavy atom. The fraction of sp³-hybridized carbons (Fsp3) is 0.465. The van der Waals surface area contributed by atoms with Crippen molar-refractivity contribution in [1.29, 1.82) is 0 Å². The summed E-state index contributed by atoms with van der Waals surface area (Å²) >= 11 is 0. The number of nitrogens with zero attached hydrogens (tertiary/aromatic N) is 7. The van der Waals surface area contributed by atoms with Crippen molar-refractivity contribution in [3.05, 3.63) is 81.9 Å². The lowest BCUT2D eigenvalue weighted by atomic mass is 9.97. The molecule has 12 nitrogen and oxygen atoms in total. The van der Waals surface area contributed by atoms with E-state index >= 15 is 4.39 Å². The number of phenolic OH excluding ortho intramolecular Hbond substituents is 1. The number of rotatable bonds is 12. The van der Waals surface area contributed by atoms with Gasteiger partial charge in [0.1, 0.15) is 34.7 Å². The Bertz CT molecular complexity index is 2360. The Labute approximate surface area is 325 Å². The molecule has 292 valence electrons. The Morgan fingerprint density at radius 1 is 1.11 bits per heavy atom. The molecule has 6 heterocycles. The van der Waals surface area contributed by atoms with Crippen LogP contribution in [0.25, 0.3) is 34.3 Å². The lowest BCUT2D eigenvalue weighted by molar-refractivity contribution is 0.0219. The van der Waals surface area contributed by atoms with Crippen molar-refractivity contribution in [3.63, 3.8) is 0 Å². The van der Waals surface area contributed by atoms with E-state index in [9.17, 15) is 5.11 Å². The number of halogens is 1. The van der Waals surface area contributed by atoms with Gasteiger partial charge in [0, 0.05) is 59.7 Å². The van der Waals surface area contributed by atoms with Gasteiger partial charge in [-0.05, 0) is 86.3 Å². The van der Waals surface area contributed by atoms with Gasteiger partial charge in [-0.3, -0.25) is 5.10 Å². The molecule has 0 amide bonds. The number of piperazine rings is 1. The highest BCUT2D eigenvalue weighted by molar-refractivity contribution is 5.97. The number of benzene rings is 2. The van der Waals surface area contributed by atoms with Gasteiger partial charge in [0.2, 0.25) is 0 Å². The molecular formula is C43H50FN9O3. The number of phenols is 1. The van der Waals surface area contributed by atoms with Crippen LogP contribution < -0.4 is 25.5 Å². The molecule has 0 spiro atoms. The van der Waals surface area contributed by atoms with Crippen LogP contribution in [0.4, 0.5) is 10.2 Å². The second kappa shape index (κ2) is 15.4. The van der Waals surface area contributed by atoms with Gasteiger partial charge in [-0.25, -0.2) is 9.07 Å². The molecule has 2 aromatic carbocycles. The molecule has 4 fully saturated rings. The number of ether oxygens (including phenoxy) is 2. The maximum absolute atomic E-state index is 15.4. The summed E-state index contributed by atoms with van der Waals surface area (Å²) in [6.07, 6.45) is 14.5. The Balaban J connectivity index is 0.983. The molecule has 9 rings (SSSR count). The van der Waals surface area contributed by atoms with E-state index in [1.165, 1.54) is 6.08 Å². The SMILES string of the molecule is CC(C)C(C)n1cc(-c2ccc(CC/C=C(F)/C=c3/[nH]nc/c3=C\c3c(C4CC4)cc4c(N5C[C@@H]6C[C@H]5CN6)nc(OC5CCOCC5)nc4c3O)cc2)nn1. The van der Waals surface area contributed by atoms with E-state index in [4.69, 9.17) is 19.4 Å². The molecular weight excluding hydrogens is 710 g/mol. The van der Waals surface area contributed by atoms with E-state index in [2.05, 4.69) is 69.7 Å². The van der Waals surface area contributed by atoms with Crippen LogP contribution in [0.3, 0.4) is 0 Å². The zero-order chi connectivity index (χ0) is 38.3. The summed E-state index contributed by atoms with van der Waals surface area (Å²) in [4.78, 5) is 12.2. The number of anilines is 1. The Hall–Kier alpha value is -5.14. The average Bonchev–Trinajstić information content (AvgIpc) is 3.54. The standard InChI is InChI=1S/C43H50FN9O3/c1-25(2)26(3)53-24-39(50-51-53)29-9-7-27(8-10-29)5-4-6-31(44)18-38-30(21-46-49-38)17-36-35(28-11-12-28)20-37-40(41(36)54)47-43(56-34-13-15-55-16-14-34)48-42(37)52-23-32-19-33(52)22-45-32/h6-10,17-18,20-21,24-26,28,32-34,45,49,54H,4-5,11-16,19,22-23H2,1-3H3/b30-17+,31-6-,38-18+/t26?,32-,33-/m0/s1. The van der Waals surface area contributed by atoms with Crippen LogP contribution in [0.1, 0.15) is 87.9 Å². The first-order chi connectivity index (χ1) is 27.3. The van der Waals surface area contributed by atoms with Crippen molar-refractivity contribution < 1.29 is 19.0 Å². The van der Waals surface area contributed by atoms with Crippen LogP contribution >= 0.6 is 0 Å². The number of aromatic nitrogens is 7. The van der Waals surface area contributed by atoms with Gasteiger partial charge in [0.05, 0.1) is 37.0 Å². The van der Waals surface area contributed by atoms with Gasteiger partial charge in [-0.15, -0.1) is 5.10 Å². The fourth-order valence-electron chi connectivity index (χ4n) is 8.19. The Morgan fingerprint density at radius 2 is 1.93 bits per heavy atom. The molecule has 13 heteroatoms. The van der Waals surface area contributed by atoms with Gasteiger partial charge in [0.25, 0.3) is 0 Å². The van der Waals surface area contributed by atoms with Gasteiger partial charge in [-0.2, -0.15) is 15.1 Å². The molecule has 3 aromatic heterocycles. The van der Waals surface area contributed by atoms with Crippen molar-refractivity contribution in [3.8, 4) is 23.0 Å². The molecule has 0 radical (unpaired) electrons. The highest BCUT2D eigenvalue weighted by Crippen LogP contribution is 2.48. The van der Waals surface area contributed by atoms with Crippen molar-refractivity contribution in [2.45, 2.75) is 95.9 Å². The number of fused-ring (bicyclic) bond motifs is 3. The molecule has 1 saturated carbocycles. The predicted octanol–water partition coefficient (Wildman–Crippen LogP) is 5.62. The average molecular weight is 760 g/mol. The minimum absolute atomic E-state index is 0.0463. The first-order valence-corrected chi connectivity index (χ1v) is 20.2. The number of nitrogens with one attached hydrogen (secondary N) is 2. The summed E-state index contributed by atoms with van der Waals surface area (Å²) in [5.41, 5.74) is 5.13. The first kappa shape index (κ1) is 36.5. The fourth-order valence-corrected chi connectivity index (χ4v) is 8.19. The van der Waals surface area contributed by atoms with E-state index in [-0.39, 0.29) is 29.7 Å². The molecule has 3 atom stereocenters. The number of hydrogen-bond donors (Lipinski definition) is 3. The lowest BCUT2D eigenvalue weighted by Crippen LogP contribution is -2.44. The van der Waals surface area contributed by atoms with Crippen molar-refractivity contribution in [1.82, 2.24) is 40.5 Å². The third-order valence-electron chi connectivity index (χ3n) is 12.0. The number of allylic oxidation sites excluding steroid dienone is 2. The largest absolute Gasteiger partial charge is 0.505 e. The zero-order valence-electron chi connectivity index (χ0n) is 32.3. The van der Waals surface area contributed by atoms with E-state index < -0.39 is 0 Å². The third-order valence-corrected chi connectivity index (χ3v) is 12.0. The van der Waals surface area contributed by atoms with Crippen molar-refractivity contribution in [2.75, 3.05) is 31.2 Å². The summed E-state index contributed by atoms with van der Waals surface area (Å²) in [6, 6.07) is 11.7. The van der Waals surface area contributed by atoms with E-state index in [1.807, 2.05) is 29.1 Å². The highest BCUT2D eigenvalue weighted by Gasteiger charge is 2.40. The van der Waals surface area contributed by atoms with E-state index in [1.54, 1.807) is 12.3 Å². The van der Waals surface area contributed by atoms with Crippen LogP contribution in [-0.2, 0) is 11.2 Å². The number of H-pyrrole nitrogens is 1. The lowest BCUT2D eigenvalue weighted by Gasteiger charge is -2.30. The summed E-state index contributed by atoms with van der Waals surface area (Å²) in [5, 5.41) is 33.6. The normalized spacial score (nSPS) is 21.6. The van der Waals surface area contributed by atoms with Crippen molar-refractivity contribution >= 4 is 28.9 Å². The molecule has 5 aromatic rings. The molecule has 3 N–H and O–H groups in total. The molecule has 3 aliphatic heterocycles. The smallest absolute Gasteiger partial charge is 0.319 e. The van der Waals surface area contributed by atoms with Gasteiger partial charge >= 0.3 is 6.01 Å². The quantitative estimate of drug-likeness (QED) is 0.147. The maximum atomic E-state index is 15.4. The number of hydrogen-bond acceptors (Lipinski definition) is 10. The predicted molar refractivity (Wildman–Crippen MR) is 214 cm³/mol. The highest BCUT2D eigenvalue weighted by atomic mass is 19.1. The van der Waals surface area contributed by atoms with Crippen LogP contribution in [0.2, 0.25) is 0 Å². The molecule has 1 unspecified atom stereocenters. The molecule has 3 saturated heterocycles. The maximum Gasteiger partial charge on any atom is 0.319 e. The molecule has 56 heavy (non-hydrogen) atoms. The molecule has 1 aliphatic carbocycles. The van der Waals surface area contributed by atoms with Crippen LogP contribution in [0.5, 0.6) is 11.8 Å². The topological polar surface area (TPSA) is 139 Å². The summed E-state index contributed by atoms with van der Waals surface area (Å²) in [5.74, 6) is 1.31. The van der Waals surface area contributed by atoms with Gasteiger partial charge < -0.3 is 24.8 Å². The second-order valence-electron chi connectivity index (χ2n) is 16.2. The van der Waals surface area contributed by atoms with Gasteiger partial charge in [0.15, 0.2) is 0 Å². The summed E-state index contributed by atoms with van der Waals surface area (Å²) in [7, 11) is 0. The van der Waals surface area contributed by atoms with Crippen molar-refractivity contribution in [2.24, 2.45) is 5.92 Å². The first-order valence-electron chi connectivity index (χ1n) is 20.2. The third kappa shape index (κ3) is 7.54. The number of aromatic amines is 1. The van der Waals surface area contributed by atoms with E-state index in [0.29, 0.717) is 71.6 Å². The summed E-state index contributed by atoms with van der Waals surface area (Å²) < 4.78 is 29.2. The number of aryl methyl sites for hydroxylation is 1. The molecule has 4 aliphatic rings. The van der Waals surface area contributed by atoms with Crippen LogP contribution in [0.15, 0.2) is 54.6 Å². The van der Waals surface area contributed by atoms with Gasteiger partial charge in [-0.1, -0.05) is 43.3 Å². The summed E-state index contributed by atoms with van der Waals surface area (Å²) in [6.45, 7) is 9.52.